The second kappa shape index (κ2) is 21.3. The number of thioether (sulfide) groups is 1. The van der Waals surface area contributed by atoms with Crippen LogP contribution < -0.4 is 0 Å². The molecule has 0 N–H and O–H groups in total. The molecule has 250 valence electrons. The lowest BCUT2D eigenvalue weighted by molar-refractivity contribution is 0.0564. The summed E-state index contributed by atoms with van der Waals surface area (Å²) in [7, 11) is 0. The van der Waals surface area contributed by atoms with Gasteiger partial charge in [0.2, 0.25) is 0 Å². The summed E-state index contributed by atoms with van der Waals surface area (Å²) < 4.78 is 33.8. The molecule has 0 aliphatic heterocycles. The van der Waals surface area contributed by atoms with Gasteiger partial charge in [0.15, 0.2) is 0 Å². The van der Waals surface area contributed by atoms with Gasteiger partial charge < -0.3 is 4.57 Å². The summed E-state index contributed by atoms with van der Waals surface area (Å²) >= 11 is 2.13. The Balaban J connectivity index is 1.92. The quantitative estimate of drug-likeness (QED) is 0.0781. The fourth-order valence-corrected chi connectivity index (χ4v) is 7.57. The first-order valence-electron chi connectivity index (χ1n) is 18.1. The topological polar surface area (TPSA) is 4.93 Å². The van der Waals surface area contributed by atoms with Crippen molar-refractivity contribution in [2.75, 3.05) is 11.5 Å². The average molecular weight is 630 g/mol. The third-order valence-electron chi connectivity index (χ3n) is 9.08. The monoisotopic (exact) mass is 629 g/mol. The standard InChI is InChI=1S/C40H65F2NS/c1-8-11-12-13-14-15-16-17-19-22-29-44-30-23-20-18-21-28-43-34(7)33(6)38-37(43)26-25-35(24-9-2)39(38)36(31-32(4)5)40(41,42)27-10-3/h25-26,31H,4,8-24,27-30H2,1-3,5-7H3/b36-31+. The van der Waals surface area contributed by atoms with Crippen molar-refractivity contribution in [2.24, 2.45) is 0 Å². The number of aryl methyl sites for hydroxylation is 3. The largest absolute Gasteiger partial charge is 0.345 e. The molecule has 0 fully saturated rings. The van der Waals surface area contributed by atoms with Crippen molar-refractivity contribution in [3.63, 3.8) is 0 Å². The Morgan fingerprint density at radius 3 is 1.91 bits per heavy atom. The molecule has 1 aromatic carbocycles. The van der Waals surface area contributed by atoms with Crippen molar-refractivity contribution in [3.05, 3.63) is 52.7 Å². The summed E-state index contributed by atoms with van der Waals surface area (Å²) in [6.07, 6.45) is 22.6. The highest BCUT2D eigenvalue weighted by molar-refractivity contribution is 7.99. The number of aromatic nitrogens is 1. The van der Waals surface area contributed by atoms with Crippen molar-refractivity contribution in [3.8, 4) is 0 Å². The van der Waals surface area contributed by atoms with Gasteiger partial charge in [-0.15, -0.1) is 0 Å². The van der Waals surface area contributed by atoms with Gasteiger partial charge in [-0.25, -0.2) is 8.78 Å². The molecule has 1 nitrogen and oxygen atoms in total. The van der Waals surface area contributed by atoms with Crippen molar-refractivity contribution < 1.29 is 8.78 Å². The first-order chi connectivity index (χ1) is 21.2. The molecule has 1 aromatic heterocycles. The van der Waals surface area contributed by atoms with Gasteiger partial charge in [-0.2, -0.15) is 11.8 Å². The van der Waals surface area contributed by atoms with Crippen LogP contribution in [0.15, 0.2) is 30.4 Å². The van der Waals surface area contributed by atoms with Crippen LogP contribution in [-0.4, -0.2) is 22.0 Å². The molecular weight excluding hydrogens is 565 g/mol. The van der Waals surface area contributed by atoms with E-state index in [0.29, 0.717) is 12.0 Å². The highest BCUT2D eigenvalue weighted by atomic mass is 32.2. The minimum Gasteiger partial charge on any atom is -0.345 e. The molecule has 4 heteroatoms. The average Bonchev–Trinajstić information content (AvgIpc) is 3.22. The molecule has 0 aliphatic rings. The van der Waals surface area contributed by atoms with Crippen LogP contribution in [-0.2, 0) is 13.0 Å². The molecule has 0 unspecified atom stereocenters. The highest BCUT2D eigenvalue weighted by Crippen LogP contribution is 2.44. The smallest absolute Gasteiger partial charge is 0.273 e. The third-order valence-corrected chi connectivity index (χ3v) is 10.2. The molecule has 0 atom stereocenters. The fraction of sp³-hybridized carbons (Fsp3) is 0.700. The van der Waals surface area contributed by atoms with Gasteiger partial charge >= 0.3 is 0 Å². The molecule has 2 aromatic rings. The van der Waals surface area contributed by atoms with E-state index >= 15 is 8.78 Å². The summed E-state index contributed by atoms with van der Waals surface area (Å²) in [5, 5.41) is 1.01. The molecular formula is C40H65F2NS. The summed E-state index contributed by atoms with van der Waals surface area (Å²) in [5.41, 5.74) is 6.04. The molecule has 2 rings (SSSR count). The molecule has 0 aliphatic carbocycles. The van der Waals surface area contributed by atoms with E-state index in [1.54, 1.807) is 6.08 Å². The predicted molar refractivity (Wildman–Crippen MR) is 196 cm³/mol. The maximum Gasteiger partial charge on any atom is 0.273 e. The lowest BCUT2D eigenvalue weighted by Crippen LogP contribution is -2.19. The Morgan fingerprint density at radius 2 is 1.36 bits per heavy atom. The van der Waals surface area contributed by atoms with E-state index in [1.165, 1.54) is 101 Å². The van der Waals surface area contributed by atoms with Gasteiger partial charge in [-0.05, 0) is 80.7 Å². The molecule has 0 radical (unpaired) electrons. The second-order valence-corrected chi connectivity index (χ2v) is 14.4. The minimum absolute atomic E-state index is 0.148. The van der Waals surface area contributed by atoms with Crippen LogP contribution in [0.5, 0.6) is 0 Å². The third kappa shape index (κ3) is 12.3. The van der Waals surface area contributed by atoms with Crippen LogP contribution in [0.2, 0.25) is 0 Å². The van der Waals surface area contributed by atoms with E-state index in [-0.39, 0.29) is 12.0 Å². The van der Waals surface area contributed by atoms with Crippen LogP contribution in [0.4, 0.5) is 8.78 Å². The fourth-order valence-electron chi connectivity index (χ4n) is 6.55. The van der Waals surface area contributed by atoms with Gasteiger partial charge in [0.05, 0.1) is 0 Å². The molecule has 0 saturated heterocycles. The number of benzene rings is 1. The highest BCUT2D eigenvalue weighted by Gasteiger charge is 2.36. The zero-order valence-corrected chi connectivity index (χ0v) is 30.2. The number of rotatable bonds is 25. The van der Waals surface area contributed by atoms with Crippen LogP contribution in [0.3, 0.4) is 0 Å². The Labute approximate surface area is 274 Å². The first kappa shape index (κ1) is 38.6. The second-order valence-electron chi connectivity index (χ2n) is 13.2. The van der Waals surface area contributed by atoms with Crippen LogP contribution >= 0.6 is 11.8 Å². The molecule has 0 bridgehead atoms. The number of fused-ring (bicyclic) bond motifs is 1. The van der Waals surface area contributed by atoms with Gasteiger partial charge in [0, 0.05) is 35.1 Å². The maximum atomic E-state index is 15.7. The summed E-state index contributed by atoms with van der Waals surface area (Å²) in [5.74, 6) is -0.306. The Morgan fingerprint density at radius 1 is 0.795 bits per heavy atom. The molecule has 0 amide bonds. The van der Waals surface area contributed by atoms with Gasteiger partial charge in [-0.1, -0.05) is 129 Å². The van der Waals surface area contributed by atoms with E-state index in [9.17, 15) is 0 Å². The van der Waals surface area contributed by atoms with Crippen LogP contribution in [0.25, 0.3) is 16.5 Å². The van der Waals surface area contributed by atoms with Crippen LogP contribution in [0.1, 0.15) is 159 Å². The Hall–Kier alpha value is -1.55. The number of hydrogen-bond donors (Lipinski definition) is 0. The van der Waals surface area contributed by atoms with E-state index in [0.717, 1.165) is 53.4 Å². The predicted octanol–water partition coefficient (Wildman–Crippen LogP) is 13.8. The number of hydrogen-bond acceptors (Lipinski definition) is 1. The number of alkyl halides is 2. The van der Waals surface area contributed by atoms with E-state index in [4.69, 9.17) is 0 Å². The van der Waals surface area contributed by atoms with Crippen molar-refractivity contribution in [2.45, 2.75) is 170 Å². The summed E-state index contributed by atoms with van der Waals surface area (Å²) in [6.45, 7) is 17.3. The Kier molecular flexibility index (Phi) is 18.7. The van der Waals surface area contributed by atoms with Crippen molar-refractivity contribution in [1.29, 1.82) is 0 Å². The number of nitrogens with zero attached hydrogens (tertiary/aromatic N) is 1. The number of unbranched alkanes of at least 4 members (excludes halogenated alkanes) is 12. The maximum absolute atomic E-state index is 15.7. The van der Waals surface area contributed by atoms with E-state index in [2.05, 4.69) is 62.7 Å². The SMILES string of the molecule is C=C(C)/C=C(\c1c(CCC)ccc2c1c(C)c(C)n2CCCCCCSCCCCCCCCCCCC)C(F)(F)CCC. The molecule has 0 saturated carbocycles. The van der Waals surface area contributed by atoms with Gasteiger partial charge in [0.25, 0.3) is 5.92 Å². The number of allylic oxidation sites excluding steroid dienone is 3. The minimum atomic E-state index is -2.89. The lowest BCUT2D eigenvalue weighted by Gasteiger charge is -2.24. The molecule has 44 heavy (non-hydrogen) atoms. The van der Waals surface area contributed by atoms with Crippen molar-refractivity contribution in [1.82, 2.24) is 4.57 Å². The van der Waals surface area contributed by atoms with Crippen molar-refractivity contribution >= 4 is 28.2 Å². The normalized spacial score (nSPS) is 12.5. The van der Waals surface area contributed by atoms with Gasteiger partial charge in [0.1, 0.15) is 0 Å². The number of halogens is 2. The van der Waals surface area contributed by atoms with E-state index in [1.807, 2.05) is 13.8 Å². The summed E-state index contributed by atoms with van der Waals surface area (Å²) in [6, 6.07) is 4.29. The summed E-state index contributed by atoms with van der Waals surface area (Å²) in [4.78, 5) is 0. The first-order valence-corrected chi connectivity index (χ1v) is 19.3. The Bertz CT molecular complexity index is 1140. The van der Waals surface area contributed by atoms with E-state index < -0.39 is 5.92 Å². The van der Waals surface area contributed by atoms with Crippen LogP contribution in [0, 0.1) is 13.8 Å². The zero-order valence-electron chi connectivity index (χ0n) is 29.4. The lowest BCUT2D eigenvalue weighted by atomic mass is 9.86. The molecule has 0 spiro atoms. The zero-order chi connectivity index (χ0) is 32.4. The van der Waals surface area contributed by atoms with Gasteiger partial charge in [-0.3, -0.25) is 0 Å². The molecule has 1 heterocycles.